The van der Waals surface area contributed by atoms with Crippen LogP contribution in [-0.2, 0) is 9.53 Å². The van der Waals surface area contributed by atoms with Crippen molar-refractivity contribution in [1.82, 2.24) is 0 Å². The van der Waals surface area contributed by atoms with E-state index in [9.17, 15) is 15.0 Å². The summed E-state index contributed by atoms with van der Waals surface area (Å²) < 4.78 is 6.62. The van der Waals surface area contributed by atoms with Crippen molar-refractivity contribution in [2.24, 2.45) is 0 Å². The predicted molar refractivity (Wildman–Crippen MR) is 90.3 cm³/mol. The third-order valence-corrected chi connectivity index (χ3v) is 6.22. The van der Waals surface area contributed by atoms with E-state index in [1.165, 1.54) is 0 Å². The number of esters is 1. The molecule has 1 aromatic rings. The number of nitrogens with zero attached hydrogens (tertiary/aromatic N) is 1. The maximum Gasteiger partial charge on any atom is 0.316 e. The largest absolute Gasteiger partial charge is 0.461 e. The van der Waals surface area contributed by atoms with Crippen LogP contribution in [0, 0.1) is 0 Å². The minimum Gasteiger partial charge on any atom is -0.461 e. The molecular formula is C19H28NO4+. The lowest BCUT2D eigenvalue weighted by Gasteiger charge is -2.46. The smallest absolute Gasteiger partial charge is 0.316 e. The van der Waals surface area contributed by atoms with E-state index in [1.54, 1.807) is 0 Å². The van der Waals surface area contributed by atoms with Crippen LogP contribution < -0.4 is 0 Å². The highest BCUT2D eigenvalue weighted by molar-refractivity contribution is 5.78. The van der Waals surface area contributed by atoms with Gasteiger partial charge >= 0.3 is 5.97 Å². The Kier molecular flexibility index (Phi) is 4.95. The molecule has 2 aliphatic heterocycles. The molecule has 1 aromatic carbocycles. The quantitative estimate of drug-likeness (QED) is 0.632. The van der Waals surface area contributed by atoms with Crippen LogP contribution in [0.5, 0.6) is 0 Å². The fraction of sp³-hybridized carbons (Fsp3) is 0.632. The van der Waals surface area contributed by atoms with Gasteiger partial charge in [-0.05, 0) is 12.5 Å². The van der Waals surface area contributed by atoms with Crippen LogP contribution in [0.2, 0.25) is 0 Å². The van der Waals surface area contributed by atoms with Crippen LogP contribution in [0.25, 0.3) is 0 Å². The summed E-state index contributed by atoms with van der Waals surface area (Å²) in [6.45, 7) is 2.88. The van der Waals surface area contributed by atoms with Crippen LogP contribution in [-0.4, -0.2) is 65.2 Å². The number of ether oxygens (including phenoxy) is 1. The summed E-state index contributed by atoms with van der Waals surface area (Å²) in [4.78, 5) is 12.5. The summed E-state index contributed by atoms with van der Waals surface area (Å²) in [7, 11) is 2.20. The van der Waals surface area contributed by atoms with Crippen LogP contribution in [0.15, 0.2) is 30.3 Å². The van der Waals surface area contributed by atoms with E-state index in [0.717, 1.165) is 29.4 Å². The molecule has 2 bridgehead atoms. The number of carbonyl (C=O) groups is 1. The lowest BCUT2D eigenvalue weighted by molar-refractivity contribution is -0.949. The highest BCUT2D eigenvalue weighted by Gasteiger charge is 2.56. The molecule has 2 fully saturated rings. The van der Waals surface area contributed by atoms with Crippen LogP contribution in [0.3, 0.4) is 0 Å². The Bertz CT molecular complexity index is 578. The highest BCUT2D eigenvalue weighted by Crippen LogP contribution is 2.42. The molecule has 0 radical (unpaired) electrons. The average molecular weight is 334 g/mol. The molecule has 5 nitrogen and oxygen atoms in total. The summed E-state index contributed by atoms with van der Waals surface area (Å²) in [5.74, 6) is -1.00. The van der Waals surface area contributed by atoms with Gasteiger partial charge in [-0.1, -0.05) is 30.3 Å². The maximum atomic E-state index is 12.5. The molecule has 2 saturated heterocycles. The van der Waals surface area contributed by atoms with Gasteiger partial charge in [0.15, 0.2) is 0 Å². The lowest BCUT2D eigenvalue weighted by atomic mass is 9.95. The number of fused-ring (bicyclic) bond motifs is 2. The van der Waals surface area contributed by atoms with Gasteiger partial charge in [0.2, 0.25) is 0 Å². The van der Waals surface area contributed by atoms with Crippen molar-refractivity contribution >= 4 is 5.97 Å². The van der Waals surface area contributed by atoms with E-state index in [1.807, 2.05) is 30.3 Å². The minimum atomic E-state index is -0.636. The molecule has 2 aliphatic rings. The van der Waals surface area contributed by atoms with Gasteiger partial charge in [-0.3, -0.25) is 4.79 Å². The first-order valence-corrected chi connectivity index (χ1v) is 8.88. The molecule has 3 rings (SSSR count). The van der Waals surface area contributed by atoms with Crippen LogP contribution in [0.1, 0.15) is 37.7 Å². The molecular weight excluding hydrogens is 306 g/mol. The first kappa shape index (κ1) is 17.4. The second-order valence-electron chi connectivity index (χ2n) is 7.36. The fourth-order valence-electron chi connectivity index (χ4n) is 4.58. The van der Waals surface area contributed by atoms with Crippen LogP contribution >= 0.6 is 0 Å². The van der Waals surface area contributed by atoms with Crippen molar-refractivity contribution < 1.29 is 24.2 Å². The van der Waals surface area contributed by atoms with Gasteiger partial charge in [-0.25, -0.2) is 0 Å². The van der Waals surface area contributed by atoms with Gasteiger partial charge in [-0.15, -0.1) is 0 Å². The highest BCUT2D eigenvalue weighted by atomic mass is 16.5. The molecule has 0 amide bonds. The van der Waals surface area contributed by atoms with Gasteiger partial charge in [0.25, 0.3) is 0 Å². The lowest BCUT2D eigenvalue weighted by Crippen LogP contribution is -2.60. The first-order chi connectivity index (χ1) is 11.5. The molecule has 6 atom stereocenters. The van der Waals surface area contributed by atoms with Crippen molar-refractivity contribution in [3.8, 4) is 0 Å². The van der Waals surface area contributed by atoms with Gasteiger partial charge in [-0.2, -0.15) is 0 Å². The van der Waals surface area contributed by atoms with Crippen molar-refractivity contribution in [3.05, 3.63) is 35.9 Å². The van der Waals surface area contributed by atoms with Gasteiger partial charge < -0.3 is 19.4 Å². The molecule has 2 heterocycles. The zero-order chi connectivity index (χ0) is 17.3. The SMILES string of the molecule is CC[N@@+]1(C)C2CC(OC(=O)C(CO)c3ccccc3)CC1C(O)C2. The van der Waals surface area contributed by atoms with Gasteiger partial charge in [0.1, 0.15) is 24.2 Å². The van der Waals surface area contributed by atoms with E-state index in [4.69, 9.17) is 4.74 Å². The summed E-state index contributed by atoms with van der Waals surface area (Å²) in [5, 5.41) is 20.0. The van der Waals surface area contributed by atoms with Crippen molar-refractivity contribution in [2.75, 3.05) is 20.2 Å². The zero-order valence-electron chi connectivity index (χ0n) is 14.5. The molecule has 0 aliphatic carbocycles. The predicted octanol–water partition coefficient (Wildman–Crippen LogP) is 1.44. The Morgan fingerprint density at radius 1 is 1.29 bits per heavy atom. The third kappa shape index (κ3) is 2.96. The maximum absolute atomic E-state index is 12.5. The fourth-order valence-corrected chi connectivity index (χ4v) is 4.58. The van der Waals surface area contributed by atoms with E-state index in [2.05, 4.69) is 14.0 Å². The number of hydrogen-bond acceptors (Lipinski definition) is 4. The summed E-state index contributed by atoms with van der Waals surface area (Å²) in [6, 6.07) is 9.73. The average Bonchev–Trinajstić information content (AvgIpc) is 2.71. The van der Waals surface area contributed by atoms with Gasteiger partial charge in [0.05, 0.1) is 26.2 Å². The summed E-state index contributed by atoms with van der Waals surface area (Å²) in [5.41, 5.74) is 0.776. The molecule has 5 heteroatoms. The molecule has 0 saturated carbocycles. The molecule has 2 N–H and O–H groups in total. The summed E-state index contributed by atoms with van der Waals surface area (Å²) in [6.07, 6.45) is 1.79. The number of hydrogen-bond donors (Lipinski definition) is 2. The number of benzene rings is 1. The molecule has 24 heavy (non-hydrogen) atoms. The Morgan fingerprint density at radius 2 is 2.00 bits per heavy atom. The van der Waals surface area contributed by atoms with E-state index in [-0.39, 0.29) is 30.8 Å². The number of piperidine rings is 1. The Hall–Kier alpha value is -1.43. The topological polar surface area (TPSA) is 66.8 Å². The second-order valence-corrected chi connectivity index (χ2v) is 7.36. The number of aliphatic hydroxyl groups excluding tert-OH is 2. The number of likely N-dealkylation sites (N-methyl/N-ethyl adjacent to an activating group) is 1. The molecule has 0 spiro atoms. The number of aliphatic hydroxyl groups is 2. The van der Waals surface area contributed by atoms with Crippen molar-refractivity contribution in [3.63, 3.8) is 0 Å². The number of quaternary nitrogens is 1. The first-order valence-electron chi connectivity index (χ1n) is 8.88. The normalized spacial score (nSPS) is 36.3. The molecule has 0 aromatic heterocycles. The van der Waals surface area contributed by atoms with Gasteiger partial charge in [0, 0.05) is 19.3 Å². The second kappa shape index (κ2) is 6.82. The summed E-state index contributed by atoms with van der Waals surface area (Å²) >= 11 is 0. The zero-order valence-corrected chi connectivity index (χ0v) is 14.5. The Morgan fingerprint density at radius 3 is 2.58 bits per heavy atom. The van der Waals surface area contributed by atoms with Crippen molar-refractivity contribution in [1.29, 1.82) is 0 Å². The van der Waals surface area contributed by atoms with E-state index in [0.29, 0.717) is 12.5 Å². The number of carbonyl (C=O) groups excluding carboxylic acids is 1. The molecule has 132 valence electrons. The van der Waals surface area contributed by atoms with E-state index >= 15 is 0 Å². The monoisotopic (exact) mass is 334 g/mol. The molecule has 5 unspecified atom stereocenters. The standard InChI is InChI=1S/C19H28NO4/c1-3-20(2)14-9-15(11-17(20)18(22)10-14)24-19(23)16(12-21)13-7-5-4-6-8-13/h4-8,14-18,21-22H,3,9-12H2,1-2H3/q+1/t14?,15?,16?,17?,18?,20-/m0/s1. The minimum absolute atomic E-state index is 0.135. The Balaban J connectivity index is 1.68. The van der Waals surface area contributed by atoms with Crippen molar-refractivity contribution in [2.45, 2.75) is 56.4 Å². The number of rotatable bonds is 5. The third-order valence-electron chi connectivity index (χ3n) is 6.22. The Labute approximate surface area is 143 Å². The van der Waals surface area contributed by atoms with E-state index < -0.39 is 5.92 Å². The van der Waals surface area contributed by atoms with Crippen LogP contribution in [0.4, 0.5) is 0 Å².